The first-order valence-electron chi connectivity index (χ1n) is 5.18. The molecule has 0 saturated carbocycles. The predicted octanol–water partition coefficient (Wildman–Crippen LogP) is 3.41. The maximum Gasteiger partial charge on any atom is 0.181 e. The van der Waals surface area contributed by atoms with E-state index in [1.165, 1.54) is 0 Å². The zero-order valence-corrected chi connectivity index (χ0v) is 10.9. The van der Waals surface area contributed by atoms with Gasteiger partial charge in [0.05, 0.1) is 18.6 Å². The summed E-state index contributed by atoms with van der Waals surface area (Å²) in [5.41, 5.74) is 1.67. The lowest BCUT2D eigenvalue weighted by atomic mass is 9.85. The molecule has 1 rings (SSSR count). The van der Waals surface area contributed by atoms with Crippen LogP contribution in [-0.4, -0.2) is 18.8 Å². The van der Waals surface area contributed by atoms with Crippen molar-refractivity contribution in [2.75, 3.05) is 13.0 Å². The largest absolute Gasteiger partial charge is 0.496 e. The molecule has 2 nitrogen and oxygen atoms in total. The summed E-state index contributed by atoms with van der Waals surface area (Å²) in [6, 6.07) is 5.66. The first kappa shape index (κ1) is 13.0. The Morgan fingerprint density at radius 3 is 2.44 bits per heavy atom. The van der Waals surface area contributed by atoms with Gasteiger partial charge in [0.2, 0.25) is 0 Å². The fourth-order valence-electron chi connectivity index (χ4n) is 1.46. The van der Waals surface area contributed by atoms with E-state index in [1.807, 2.05) is 18.2 Å². The van der Waals surface area contributed by atoms with Crippen molar-refractivity contribution < 1.29 is 9.53 Å². The lowest BCUT2D eigenvalue weighted by molar-refractivity contribution is 0.101. The summed E-state index contributed by atoms with van der Waals surface area (Å²) in [6.07, 6.45) is 0. The Labute approximate surface area is 102 Å². The van der Waals surface area contributed by atoms with Crippen molar-refractivity contribution in [1.82, 2.24) is 0 Å². The zero-order valence-electron chi connectivity index (χ0n) is 10.1. The van der Waals surface area contributed by atoms with Gasteiger partial charge in [-0.05, 0) is 23.1 Å². The summed E-state index contributed by atoms with van der Waals surface area (Å²) in [5, 5.41) is 0. The van der Waals surface area contributed by atoms with Crippen molar-refractivity contribution in [2.45, 2.75) is 26.2 Å². The van der Waals surface area contributed by atoms with Crippen molar-refractivity contribution >= 4 is 17.4 Å². The molecule has 0 unspecified atom stereocenters. The van der Waals surface area contributed by atoms with Crippen molar-refractivity contribution in [3.63, 3.8) is 0 Å². The van der Waals surface area contributed by atoms with E-state index < -0.39 is 0 Å². The molecule has 0 N–H and O–H groups in total. The summed E-state index contributed by atoms with van der Waals surface area (Å²) in [7, 11) is 1.55. The number of ketones is 1. The highest BCUT2D eigenvalue weighted by molar-refractivity contribution is 6.30. The van der Waals surface area contributed by atoms with Gasteiger partial charge in [0.15, 0.2) is 5.78 Å². The van der Waals surface area contributed by atoms with Crippen LogP contribution in [0.4, 0.5) is 0 Å². The van der Waals surface area contributed by atoms with Gasteiger partial charge < -0.3 is 4.74 Å². The van der Waals surface area contributed by atoms with Crippen LogP contribution in [0, 0.1) is 0 Å². The fourth-order valence-corrected chi connectivity index (χ4v) is 1.61. The molecule has 0 atom stereocenters. The summed E-state index contributed by atoms with van der Waals surface area (Å²) in [6.45, 7) is 6.30. The lowest BCUT2D eigenvalue weighted by Crippen LogP contribution is -2.13. The molecule has 88 valence electrons. The van der Waals surface area contributed by atoms with E-state index in [2.05, 4.69) is 20.8 Å². The Hall–Kier alpha value is -1.02. The number of carbonyl (C=O) groups is 1. The van der Waals surface area contributed by atoms with Gasteiger partial charge in [0, 0.05) is 0 Å². The third-order valence-electron chi connectivity index (χ3n) is 2.49. The van der Waals surface area contributed by atoms with Crippen LogP contribution in [0.1, 0.15) is 36.7 Å². The third kappa shape index (κ3) is 2.76. The minimum atomic E-state index is -0.107. The molecule has 0 aromatic heterocycles. The van der Waals surface area contributed by atoms with E-state index >= 15 is 0 Å². The number of carbonyl (C=O) groups excluding carboxylic acids is 1. The number of ether oxygens (including phenoxy) is 1. The quantitative estimate of drug-likeness (QED) is 0.598. The molecule has 0 bridgehead atoms. The second-order valence-electron chi connectivity index (χ2n) is 4.72. The molecule has 16 heavy (non-hydrogen) atoms. The van der Waals surface area contributed by atoms with Gasteiger partial charge in [-0.3, -0.25) is 4.79 Å². The Balaban J connectivity index is 3.27. The summed E-state index contributed by atoms with van der Waals surface area (Å²) in [4.78, 5) is 11.7. The number of halogens is 1. The molecule has 1 aromatic rings. The van der Waals surface area contributed by atoms with Crippen LogP contribution in [0.25, 0.3) is 0 Å². The second kappa shape index (κ2) is 4.88. The van der Waals surface area contributed by atoms with Crippen LogP contribution in [0.15, 0.2) is 18.2 Å². The van der Waals surface area contributed by atoms with Crippen molar-refractivity contribution in [2.24, 2.45) is 0 Å². The van der Waals surface area contributed by atoms with Gasteiger partial charge in [0.1, 0.15) is 5.75 Å². The van der Waals surface area contributed by atoms with Gasteiger partial charge in [-0.15, -0.1) is 11.6 Å². The highest BCUT2D eigenvalue weighted by Crippen LogP contribution is 2.28. The standard InChI is InChI=1S/C13H17ClO2/c1-13(2,3)9-5-6-12(16-4)10(7-9)11(15)8-14/h5-7H,8H2,1-4H3. The smallest absolute Gasteiger partial charge is 0.181 e. The van der Waals surface area contributed by atoms with Gasteiger partial charge in [-0.25, -0.2) is 0 Å². The molecule has 0 radical (unpaired) electrons. The lowest BCUT2D eigenvalue weighted by Gasteiger charge is -2.20. The van der Waals surface area contributed by atoms with Crippen molar-refractivity contribution in [3.8, 4) is 5.75 Å². The Morgan fingerprint density at radius 2 is 2.00 bits per heavy atom. The fraction of sp³-hybridized carbons (Fsp3) is 0.462. The minimum Gasteiger partial charge on any atom is -0.496 e. The molecule has 0 aliphatic heterocycles. The summed E-state index contributed by atoms with van der Waals surface area (Å²) in [5.74, 6) is 0.451. The van der Waals surface area contributed by atoms with Gasteiger partial charge in [-0.2, -0.15) is 0 Å². The number of alkyl halides is 1. The van der Waals surface area contributed by atoms with Crippen molar-refractivity contribution in [3.05, 3.63) is 29.3 Å². The SMILES string of the molecule is COc1ccc(C(C)(C)C)cc1C(=O)CCl. The van der Waals surface area contributed by atoms with Crippen LogP contribution >= 0.6 is 11.6 Å². The first-order valence-corrected chi connectivity index (χ1v) is 5.71. The van der Waals surface area contributed by atoms with Gasteiger partial charge in [-0.1, -0.05) is 26.8 Å². The number of hydrogen-bond donors (Lipinski definition) is 0. The molecule has 0 heterocycles. The zero-order chi connectivity index (χ0) is 12.3. The maximum atomic E-state index is 11.7. The normalized spacial score (nSPS) is 11.3. The monoisotopic (exact) mass is 240 g/mol. The van der Waals surface area contributed by atoms with E-state index in [4.69, 9.17) is 16.3 Å². The predicted molar refractivity (Wildman–Crippen MR) is 66.7 cm³/mol. The Kier molecular flexibility index (Phi) is 3.98. The number of methoxy groups -OCH3 is 1. The molecule has 0 aliphatic rings. The number of Topliss-reactive ketones (excluding diaryl/α,β-unsaturated/α-hetero) is 1. The van der Waals surface area contributed by atoms with Crippen LogP contribution in [-0.2, 0) is 5.41 Å². The molecule has 0 fully saturated rings. The summed E-state index contributed by atoms with van der Waals surface area (Å²) >= 11 is 5.58. The third-order valence-corrected chi connectivity index (χ3v) is 2.73. The molecular formula is C13H17ClO2. The molecule has 0 saturated heterocycles. The topological polar surface area (TPSA) is 26.3 Å². The van der Waals surface area contributed by atoms with Crippen LogP contribution in [0.2, 0.25) is 0 Å². The van der Waals surface area contributed by atoms with E-state index in [-0.39, 0.29) is 17.1 Å². The van der Waals surface area contributed by atoms with Crippen LogP contribution in [0.3, 0.4) is 0 Å². The average Bonchev–Trinajstić information content (AvgIpc) is 2.25. The molecular weight excluding hydrogens is 224 g/mol. The average molecular weight is 241 g/mol. The first-order chi connectivity index (χ1) is 7.40. The molecule has 0 aliphatic carbocycles. The van der Waals surface area contributed by atoms with E-state index in [0.717, 1.165) is 5.56 Å². The minimum absolute atomic E-state index is 0.00755. The molecule has 1 aromatic carbocycles. The second-order valence-corrected chi connectivity index (χ2v) is 4.99. The maximum absolute atomic E-state index is 11.7. The Morgan fingerprint density at radius 1 is 1.38 bits per heavy atom. The Bertz CT molecular complexity index is 391. The number of benzene rings is 1. The van der Waals surface area contributed by atoms with E-state index in [1.54, 1.807) is 7.11 Å². The molecule has 0 spiro atoms. The van der Waals surface area contributed by atoms with E-state index in [9.17, 15) is 4.79 Å². The molecule has 0 amide bonds. The van der Waals surface area contributed by atoms with Gasteiger partial charge >= 0.3 is 0 Å². The van der Waals surface area contributed by atoms with Crippen LogP contribution in [0.5, 0.6) is 5.75 Å². The highest BCUT2D eigenvalue weighted by Gasteiger charge is 2.18. The highest BCUT2D eigenvalue weighted by atomic mass is 35.5. The van der Waals surface area contributed by atoms with E-state index in [0.29, 0.717) is 11.3 Å². The van der Waals surface area contributed by atoms with Crippen LogP contribution < -0.4 is 4.74 Å². The van der Waals surface area contributed by atoms with Crippen molar-refractivity contribution in [1.29, 1.82) is 0 Å². The summed E-state index contributed by atoms with van der Waals surface area (Å²) < 4.78 is 5.16. The van der Waals surface area contributed by atoms with Gasteiger partial charge in [0.25, 0.3) is 0 Å². The number of rotatable bonds is 3. The number of hydrogen-bond acceptors (Lipinski definition) is 2. The molecule has 3 heteroatoms.